The lowest BCUT2D eigenvalue weighted by Gasteiger charge is -2.26. The second kappa shape index (κ2) is 7.94. The molecular weight excluding hydrogens is 400 g/mol. The van der Waals surface area contributed by atoms with Gasteiger partial charge in [-0.2, -0.15) is 0 Å². The van der Waals surface area contributed by atoms with Crippen LogP contribution in [0.3, 0.4) is 0 Å². The van der Waals surface area contributed by atoms with Crippen LogP contribution >= 0.6 is 0 Å². The fourth-order valence-electron chi connectivity index (χ4n) is 3.61. The molecule has 0 saturated carbocycles. The Morgan fingerprint density at radius 1 is 1.23 bits per heavy atom. The summed E-state index contributed by atoms with van der Waals surface area (Å²) in [6.07, 6.45) is 2.10. The normalized spacial score (nSPS) is 18.9. The zero-order valence-corrected chi connectivity index (χ0v) is 17.6. The van der Waals surface area contributed by atoms with Crippen LogP contribution in [0.25, 0.3) is 22.0 Å². The number of hydrogen-bond donors (Lipinski definition) is 1. The number of benzene rings is 1. The Balaban J connectivity index is 1.63. The lowest BCUT2D eigenvalue weighted by Crippen LogP contribution is -2.43. The molecule has 2 unspecified atom stereocenters. The van der Waals surface area contributed by atoms with Gasteiger partial charge >= 0.3 is 12.1 Å². The van der Waals surface area contributed by atoms with Gasteiger partial charge in [0, 0.05) is 17.4 Å². The summed E-state index contributed by atoms with van der Waals surface area (Å²) < 4.78 is 16.7. The number of fused-ring (bicyclic) bond motifs is 1. The lowest BCUT2D eigenvalue weighted by atomic mass is 10.1. The number of carbonyl (C=O) groups excluding carboxylic acids is 1. The molecule has 8 nitrogen and oxygen atoms in total. The van der Waals surface area contributed by atoms with Crippen molar-refractivity contribution in [2.75, 3.05) is 6.54 Å². The highest BCUT2D eigenvalue weighted by Gasteiger charge is 2.43. The average molecular weight is 424 g/mol. The van der Waals surface area contributed by atoms with Gasteiger partial charge in [-0.1, -0.05) is 18.2 Å². The number of furan rings is 1. The quantitative estimate of drug-likeness (QED) is 0.665. The number of hydrogen-bond acceptors (Lipinski definition) is 6. The van der Waals surface area contributed by atoms with Gasteiger partial charge in [-0.05, 0) is 44.4 Å². The van der Waals surface area contributed by atoms with Gasteiger partial charge < -0.3 is 19.0 Å². The van der Waals surface area contributed by atoms with E-state index in [1.54, 1.807) is 39.4 Å². The number of carbonyl (C=O) groups is 2. The molecule has 1 N–H and O–H groups in total. The van der Waals surface area contributed by atoms with E-state index in [1.807, 2.05) is 30.3 Å². The number of pyridine rings is 1. The Kier molecular flexibility index (Phi) is 5.31. The minimum absolute atomic E-state index is 0.0951. The third-order valence-corrected chi connectivity index (χ3v) is 4.98. The van der Waals surface area contributed by atoms with E-state index >= 15 is 0 Å². The number of ether oxygens (including phenoxy) is 2. The van der Waals surface area contributed by atoms with Crippen LogP contribution < -0.4 is 4.74 Å². The zero-order chi connectivity index (χ0) is 22.2. The van der Waals surface area contributed by atoms with E-state index in [0.717, 1.165) is 16.3 Å². The van der Waals surface area contributed by atoms with Crippen LogP contribution in [0.2, 0.25) is 0 Å². The number of likely N-dealkylation sites (tertiary alicyclic amines) is 1. The van der Waals surface area contributed by atoms with Crippen molar-refractivity contribution in [3.63, 3.8) is 0 Å². The fourth-order valence-corrected chi connectivity index (χ4v) is 3.61. The summed E-state index contributed by atoms with van der Waals surface area (Å²) >= 11 is 0. The Bertz CT molecular complexity index is 1100. The van der Waals surface area contributed by atoms with Gasteiger partial charge in [-0.25, -0.2) is 14.6 Å². The number of carboxylic acids is 1. The van der Waals surface area contributed by atoms with Crippen LogP contribution in [0.4, 0.5) is 4.79 Å². The van der Waals surface area contributed by atoms with Crippen LogP contribution in [0, 0.1) is 0 Å². The third kappa shape index (κ3) is 4.47. The van der Waals surface area contributed by atoms with Gasteiger partial charge in [0.1, 0.15) is 17.7 Å². The molecule has 8 heteroatoms. The van der Waals surface area contributed by atoms with Gasteiger partial charge in [0.25, 0.3) is 0 Å². The van der Waals surface area contributed by atoms with Crippen LogP contribution in [0.5, 0.6) is 5.88 Å². The second-order valence-electron chi connectivity index (χ2n) is 8.51. The van der Waals surface area contributed by atoms with Gasteiger partial charge in [-0.3, -0.25) is 4.90 Å². The Hall–Kier alpha value is -3.55. The molecule has 0 aliphatic carbocycles. The lowest BCUT2D eigenvalue weighted by molar-refractivity contribution is -0.142. The molecule has 1 aliphatic heterocycles. The monoisotopic (exact) mass is 424 g/mol. The maximum absolute atomic E-state index is 12.6. The molecule has 4 rings (SSSR count). The molecule has 2 atom stereocenters. The molecule has 1 aliphatic rings. The van der Waals surface area contributed by atoms with Crippen molar-refractivity contribution >= 4 is 22.8 Å². The standard InChI is InChI=1S/C23H24N2O6/c1-23(2,3)31-22(28)25-12-16(11-19(25)21(26)27)30-20-17-7-5-4-6-14(17)10-18(24-20)15-8-9-29-13-15/h4-10,13,16,19H,11-12H2,1-3H3,(H,26,27). The molecule has 1 aromatic carbocycles. The van der Waals surface area contributed by atoms with Crippen LogP contribution in [-0.4, -0.2) is 51.3 Å². The van der Waals surface area contributed by atoms with Crippen molar-refractivity contribution in [2.45, 2.75) is 44.9 Å². The summed E-state index contributed by atoms with van der Waals surface area (Å²) in [4.78, 5) is 30.2. The molecule has 0 bridgehead atoms. The first-order valence-electron chi connectivity index (χ1n) is 10.0. The Morgan fingerprint density at radius 3 is 2.68 bits per heavy atom. The maximum atomic E-state index is 12.6. The van der Waals surface area contributed by atoms with Gasteiger partial charge in [0.2, 0.25) is 5.88 Å². The summed E-state index contributed by atoms with van der Waals surface area (Å²) in [6, 6.07) is 10.4. The number of carboxylic acid groups (broad SMARTS) is 1. The molecular formula is C23H24N2O6. The van der Waals surface area contributed by atoms with Gasteiger partial charge in [-0.15, -0.1) is 0 Å². The zero-order valence-electron chi connectivity index (χ0n) is 17.6. The first kappa shape index (κ1) is 20.7. The summed E-state index contributed by atoms with van der Waals surface area (Å²) in [6.45, 7) is 5.31. The van der Waals surface area contributed by atoms with Crippen molar-refractivity contribution in [3.8, 4) is 17.1 Å². The molecule has 2 aromatic heterocycles. The molecule has 1 fully saturated rings. The number of amides is 1. The molecule has 31 heavy (non-hydrogen) atoms. The average Bonchev–Trinajstić information content (AvgIpc) is 3.37. The highest BCUT2D eigenvalue weighted by atomic mass is 16.6. The topological polar surface area (TPSA) is 102 Å². The van der Waals surface area contributed by atoms with E-state index in [1.165, 1.54) is 4.90 Å². The second-order valence-corrected chi connectivity index (χ2v) is 8.51. The molecule has 1 amide bonds. The number of nitrogens with zero attached hydrogens (tertiary/aromatic N) is 2. The Labute approximate surface area is 179 Å². The van der Waals surface area contributed by atoms with E-state index in [4.69, 9.17) is 13.9 Å². The molecule has 0 radical (unpaired) electrons. The number of aliphatic carboxylic acids is 1. The van der Waals surface area contributed by atoms with Crippen molar-refractivity contribution in [1.29, 1.82) is 0 Å². The van der Waals surface area contributed by atoms with Crippen molar-refractivity contribution in [1.82, 2.24) is 9.88 Å². The summed E-state index contributed by atoms with van der Waals surface area (Å²) in [7, 11) is 0. The largest absolute Gasteiger partial charge is 0.480 e. The van der Waals surface area contributed by atoms with E-state index < -0.39 is 29.8 Å². The number of aromatic nitrogens is 1. The van der Waals surface area contributed by atoms with Gasteiger partial charge in [0.15, 0.2) is 0 Å². The summed E-state index contributed by atoms with van der Waals surface area (Å²) in [5.74, 6) is -0.712. The van der Waals surface area contributed by atoms with Crippen molar-refractivity contribution in [3.05, 3.63) is 48.9 Å². The first-order valence-corrected chi connectivity index (χ1v) is 10.0. The Morgan fingerprint density at radius 2 is 2.00 bits per heavy atom. The van der Waals surface area contributed by atoms with Gasteiger partial charge in [0.05, 0.1) is 24.8 Å². The van der Waals surface area contributed by atoms with Crippen LogP contribution in [0.1, 0.15) is 27.2 Å². The molecule has 3 aromatic rings. The van der Waals surface area contributed by atoms with Crippen molar-refractivity contribution in [2.24, 2.45) is 0 Å². The van der Waals surface area contributed by atoms with Crippen LogP contribution in [-0.2, 0) is 9.53 Å². The van der Waals surface area contributed by atoms with E-state index in [9.17, 15) is 14.7 Å². The van der Waals surface area contributed by atoms with Crippen LogP contribution in [0.15, 0.2) is 53.3 Å². The predicted molar refractivity (Wildman–Crippen MR) is 113 cm³/mol. The highest BCUT2D eigenvalue weighted by Crippen LogP contribution is 2.32. The third-order valence-electron chi connectivity index (χ3n) is 4.98. The minimum atomic E-state index is -1.10. The summed E-state index contributed by atoms with van der Waals surface area (Å²) in [5, 5.41) is 11.4. The molecule has 3 heterocycles. The van der Waals surface area contributed by atoms with E-state index in [0.29, 0.717) is 11.6 Å². The highest BCUT2D eigenvalue weighted by molar-refractivity contribution is 5.90. The maximum Gasteiger partial charge on any atom is 0.411 e. The first-order chi connectivity index (χ1) is 14.7. The van der Waals surface area contributed by atoms with Crippen molar-refractivity contribution < 1.29 is 28.6 Å². The molecule has 162 valence electrons. The SMILES string of the molecule is CC(C)(C)OC(=O)N1CC(Oc2nc(-c3ccoc3)cc3ccccc23)CC1C(=O)O. The smallest absolute Gasteiger partial charge is 0.411 e. The van der Waals surface area contributed by atoms with E-state index in [-0.39, 0.29) is 13.0 Å². The predicted octanol–water partition coefficient (Wildman–Crippen LogP) is 4.34. The molecule has 0 spiro atoms. The minimum Gasteiger partial charge on any atom is -0.480 e. The fraction of sp³-hybridized carbons (Fsp3) is 0.348. The summed E-state index contributed by atoms with van der Waals surface area (Å²) in [5.41, 5.74) is 0.760. The molecule has 1 saturated heterocycles. The number of rotatable bonds is 4. The van der Waals surface area contributed by atoms with E-state index in [2.05, 4.69) is 4.98 Å².